The van der Waals surface area contributed by atoms with Crippen LogP contribution in [0.3, 0.4) is 0 Å². The van der Waals surface area contributed by atoms with Crippen molar-refractivity contribution in [1.29, 1.82) is 0 Å². The Morgan fingerprint density at radius 2 is 1.90 bits per heavy atom. The van der Waals surface area contributed by atoms with E-state index < -0.39 is 0 Å². The number of benzene rings is 1. The second-order valence-corrected chi connectivity index (χ2v) is 6.63. The molecule has 2 rings (SSSR count). The second kappa shape index (κ2) is 6.90. The number of imidazole rings is 1. The molecular weight excluding hydrogens is 258 g/mol. The molecule has 0 spiro atoms. The number of hydrogen-bond acceptors (Lipinski definition) is 2. The van der Waals surface area contributed by atoms with Gasteiger partial charge in [-0.25, -0.2) is 4.98 Å². The zero-order chi connectivity index (χ0) is 15.3. The lowest BCUT2D eigenvalue weighted by atomic mass is 9.86. The van der Waals surface area contributed by atoms with Crippen LogP contribution in [0.2, 0.25) is 0 Å². The molecule has 1 heterocycles. The molecule has 1 atom stereocenters. The van der Waals surface area contributed by atoms with Crippen LogP contribution >= 0.6 is 0 Å². The monoisotopic (exact) mass is 285 g/mol. The van der Waals surface area contributed by atoms with Crippen LogP contribution in [0.4, 0.5) is 0 Å². The van der Waals surface area contributed by atoms with Crippen molar-refractivity contribution in [1.82, 2.24) is 15.3 Å². The number of nitrogens with zero attached hydrogens (tertiary/aromatic N) is 1. The Labute approximate surface area is 128 Å². The first-order valence-corrected chi connectivity index (χ1v) is 7.82. The third-order valence-electron chi connectivity index (χ3n) is 3.75. The Kier molecular flexibility index (Phi) is 5.18. The van der Waals surface area contributed by atoms with Crippen LogP contribution in [0, 0.1) is 0 Å². The van der Waals surface area contributed by atoms with Gasteiger partial charge in [-0.2, -0.15) is 0 Å². The average molecular weight is 285 g/mol. The highest BCUT2D eigenvalue weighted by molar-refractivity contribution is 5.28. The first-order chi connectivity index (χ1) is 10.0. The lowest BCUT2D eigenvalue weighted by Gasteiger charge is -2.20. The first kappa shape index (κ1) is 15.8. The lowest BCUT2D eigenvalue weighted by molar-refractivity contribution is 0.508. The maximum Gasteiger partial charge on any atom is 0.123 e. The van der Waals surface area contributed by atoms with E-state index in [0.29, 0.717) is 0 Å². The van der Waals surface area contributed by atoms with Gasteiger partial charge in [0.1, 0.15) is 5.82 Å². The van der Waals surface area contributed by atoms with Gasteiger partial charge in [-0.1, -0.05) is 52.0 Å². The number of nitrogens with one attached hydrogen (secondary N) is 2. The summed E-state index contributed by atoms with van der Waals surface area (Å²) in [5.41, 5.74) is 2.93. The fraction of sp³-hybridized carbons (Fsp3) is 0.500. The van der Waals surface area contributed by atoms with Crippen molar-refractivity contribution < 1.29 is 0 Å². The molecule has 0 aliphatic carbocycles. The number of rotatable bonds is 6. The van der Waals surface area contributed by atoms with Gasteiger partial charge in [0.25, 0.3) is 0 Å². The lowest BCUT2D eigenvalue weighted by Crippen LogP contribution is -2.25. The summed E-state index contributed by atoms with van der Waals surface area (Å²) in [5, 5.41) is 3.57. The number of H-pyrrole nitrogens is 1. The molecular formula is C18H27N3. The van der Waals surface area contributed by atoms with Crippen molar-refractivity contribution in [2.45, 2.75) is 52.0 Å². The summed E-state index contributed by atoms with van der Waals surface area (Å²) in [6.07, 6.45) is 5.79. The molecule has 3 heteroatoms. The Bertz CT molecular complexity index is 521. The van der Waals surface area contributed by atoms with Crippen LogP contribution in [-0.4, -0.2) is 16.5 Å². The van der Waals surface area contributed by atoms with E-state index in [1.807, 2.05) is 12.4 Å². The minimum Gasteiger partial charge on any atom is -0.347 e. The standard InChI is InChI=1S/C18H27N3/c1-5-10-19-16(17-20-11-12-21-17)13-14-6-8-15(9-7-14)18(2,3)4/h6-9,11-12,16,19H,5,10,13H2,1-4H3,(H,20,21). The number of aromatic amines is 1. The first-order valence-electron chi connectivity index (χ1n) is 7.82. The SMILES string of the molecule is CCCNC(Cc1ccc(C(C)(C)C)cc1)c1ncc[nH]1. The van der Waals surface area contributed by atoms with E-state index in [9.17, 15) is 0 Å². The van der Waals surface area contributed by atoms with Crippen LogP contribution in [0.25, 0.3) is 0 Å². The van der Waals surface area contributed by atoms with Crippen molar-refractivity contribution in [2.24, 2.45) is 0 Å². The van der Waals surface area contributed by atoms with Crippen LogP contribution in [0.1, 0.15) is 57.1 Å². The minimum absolute atomic E-state index is 0.208. The molecule has 0 aliphatic rings. The predicted molar refractivity (Wildman–Crippen MR) is 88.5 cm³/mol. The van der Waals surface area contributed by atoms with E-state index in [1.165, 1.54) is 11.1 Å². The molecule has 114 valence electrons. The van der Waals surface area contributed by atoms with Crippen molar-refractivity contribution in [3.05, 3.63) is 53.6 Å². The van der Waals surface area contributed by atoms with Gasteiger partial charge in [0.05, 0.1) is 6.04 Å². The van der Waals surface area contributed by atoms with E-state index in [0.717, 1.165) is 25.2 Å². The Balaban J connectivity index is 2.09. The van der Waals surface area contributed by atoms with E-state index in [2.05, 4.69) is 67.2 Å². The van der Waals surface area contributed by atoms with Crippen LogP contribution < -0.4 is 5.32 Å². The normalized spacial score (nSPS) is 13.3. The molecule has 0 bridgehead atoms. The van der Waals surface area contributed by atoms with Gasteiger partial charge in [0.2, 0.25) is 0 Å². The van der Waals surface area contributed by atoms with Gasteiger partial charge < -0.3 is 10.3 Å². The summed E-state index contributed by atoms with van der Waals surface area (Å²) in [6.45, 7) is 9.93. The van der Waals surface area contributed by atoms with E-state index in [4.69, 9.17) is 0 Å². The zero-order valence-electron chi connectivity index (χ0n) is 13.6. The number of hydrogen-bond donors (Lipinski definition) is 2. The van der Waals surface area contributed by atoms with Gasteiger partial charge in [-0.3, -0.25) is 0 Å². The fourth-order valence-corrected chi connectivity index (χ4v) is 2.43. The van der Waals surface area contributed by atoms with Crippen LogP contribution in [0.15, 0.2) is 36.7 Å². The summed E-state index contributed by atoms with van der Waals surface area (Å²) in [5.74, 6) is 1.02. The van der Waals surface area contributed by atoms with Crippen LogP contribution in [0.5, 0.6) is 0 Å². The molecule has 0 saturated heterocycles. The molecule has 0 aliphatic heterocycles. The van der Waals surface area contributed by atoms with Gasteiger partial charge in [0, 0.05) is 12.4 Å². The highest BCUT2D eigenvalue weighted by Crippen LogP contribution is 2.23. The molecule has 2 aromatic rings. The molecule has 1 aromatic heterocycles. The Hall–Kier alpha value is -1.61. The molecule has 0 fully saturated rings. The second-order valence-electron chi connectivity index (χ2n) is 6.63. The summed E-state index contributed by atoms with van der Waals surface area (Å²) in [7, 11) is 0. The highest BCUT2D eigenvalue weighted by atomic mass is 15.0. The Morgan fingerprint density at radius 3 is 2.43 bits per heavy atom. The van der Waals surface area contributed by atoms with Crippen molar-refractivity contribution >= 4 is 0 Å². The molecule has 2 N–H and O–H groups in total. The third kappa shape index (κ3) is 4.43. The average Bonchev–Trinajstić information content (AvgIpc) is 2.97. The van der Waals surface area contributed by atoms with E-state index in [-0.39, 0.29) is 11.5 Å². The summed E-state index contributed by atoms with van der Waals surface area (Å²) >= 11 is 0. The predicted octanol–water partition coefficient (Wildman–Crippen LogP) is 3.99. The zero-order valence-corrected chi connectivity index (χ0v) is 13.6. The van der Waals surface area contributed by atoms with Crippen molar-refractivity contribution in [3.63, 3.8) is 0 Å². The summed E-state index contributed by atoms with van der Waals surface area (Å²) < 4.78 is 0. The van der Waals surface area contributed by atoms with Gasteiger partial charge >= 0.3 is 0 Å². The van der Waals surface area contributed by atoms with Crippen molar-refractivity contribution in [2.75, 3.05) is 6.54 Å². The maximum atomic E-state index is 4.40. The highest BCUT2D eigenvalue weighted by Gasteiger charge is 2.16. The van der Waals surface area contributed by atoms with E-state index >= 15 is 0 Å². The molecule has 0 amide bonds. The molecule has 0 radical (unpaired) electrons. The fourth-order valence-electron chi connectivity index (χ4n) is 2.43. The van der Waals surface area contributed by atoms with Gasteiger partial charge in [-0.05, 0) is 35.9 Å². The Morgan fingerprint density at radius 1 is 1.19 bits per heavy atom. The molecule has 21 heavy (non-hydrogen) atoms. The maximum absolute atomic E-state index is 4.40. The molecule has 1 aromatic carbocycles. The van der Waals surface area contributed by atoms with Gasteiger partial charge in [0.15, 0.2) is 0 Å². The number of aromatic nitrogens is 2. The van der Waals surface area contributed by atoms with Crippen molar-refractivity contribution in [3.8, 4) is 0 Å². The van der Waals surface area contributed by atoms with E-state index in [1.54, 1.807) is 0 Å². The minimum atomic E-state index is 0.208. The quantitative estimate of drug-likeness (QED) is 0.842. The third-order valence-corrected chi connectivity index (χ3v) is 3.75. The van der Waals surface area contributed by atoms with Crippen LogP contribution in [-0.2, 0) is 11.8 Å². The smallest absolute Gasteiger partial charge is 0.123 e. The topological polar surface area (TPSA) is 40.7 Å². The summed E-state index contributed by atoms with van der Waals surface area (Å²) in [6, 6.07) is 9.22. The summed E-state index contributed by atoms with van der Waals surface area (Å²) in [4.78, 5) is 7.63. The molecule has 3 nitrogen and oxygen atoms in total. The molecule has 1 unspecified atom stereocenters. The molecule has 0 saturated carbocycles. The van der Waals surface area contributed by atoms with Gasteiger partial charge in [-0.15, -0.1) is 0 Å². The largest absolute Gasteiger partial charge is 0.347 e.